The lowest BCUT2D eigenvalue weighted by molar-refractivity contribution is -0.633. The van der Waals surface area contributed by atoms with E-state index in [1.165, 1.54) is 33.4 Å². The molecule has 0 saturated heterocycles. The molecule has 0 unspecified atom stereocenters. The zero-order valence-corrected chi connectivity index (χ0v) is 16.7. The number of hydrogen-bond donors (Lipinski definition) is 0. The molecule has 27 heavy (non-hydrogen) atoms. The van der Waals surface area contributed by atoms with Gasteiger partial charge in [0.15, 0.2) is 11.0 Å². The first-order valence-corrected chi connectivity index (χ1v) is 9.51. The van der Waals surface area contributed by atoms with E-state index in [0.29, 0.717) is 5.92 Å². The fourth-order valence-corrected chi connectivity index (χ4v) is 3.99. The number of imidazole rings is 1. The molecule has 4 aromatic rings. The molecule has 136 valence electrons. The average Bonchev–Trinajstić information content (AvgIpc) is 2.96. The number of benzene rings is 2. The molecule has 0 aliphatic rings. The molecular formula is C24H26N3+. The van der Waals surface area contributed by atoms with Crippen LogP contribution in [-0.2, 0) is 7.05 Å². The standard InChI is InChI=1S/C24H26N3/c1-16(2)19-10-6-7-11-21(19)27-23-18(4)9-8-12-22(23)26(5)24(27)20-15-25-14-13-17(20)3/h6-16H,1-5H3/q+1. The highest BCUT2D eigenvalue weighted by Crippen LogP contribution is 2.33. The Kier molecular flexibility index (Phi) is 4.31. The summed E-state index contributed by atoms with van der Waals surface area (Å²) in [5.41, 5.74) is 8.73. The maximum atomic E-state index is 4.42. The molecule has 2 heterocycles. The first-order chi connectivity index (χ1) is 13.0. The van der Waals surface area contributed by atoms with E-state index in [2.05, 4.69) is 97.4 Å². The van der Waals surface area contributed by atoms with Gasteiger partial charge < -0.3 is 0 Å². The van der Waals surface area contributed by atoms with Gasteiger partial charge in [0.2, 0.25) is 0 Å². The van der Waals surface area contributed by atoms with Crippen LogP contribution in [0.15, 0.2) is 60.9 Å². The van der Waals surface area contributed by atoms with E-state index in [0.717, 1.165) is 11.4 Å². The van der Waals surface area contributed by atoms with Crippen LogP contribution in [0.25, 0.3) is 28.1 Å². The summed E-state index contributed by atoms with van der Waals surface area (Å²) in [5.74, 6) is 1.61. The third-order valence-corrected chi connectivity index (χ3v) is 5.41. The first-order valence-electron chi connectivity index (χ1n) is 9.51. The van der Waals surface area contributed by atoms with Crippen molar-refractivity contribution in [3.05, 3.63) is 77.6 Å². The predicted molar refractivity (Wildman–Crippen MR) is 111 cm³/mol. The number of rotatable bonds is 3. The summed E-state index contributed by atoms with van der Waals surface area (Å²) in [5, 5.41) is 0. The lowest BCUT2D eigenvalue weighted by Crippen LogP contribution is -2.30. The Morgan fingerprint density at radius 3 is 2.44 bits per heavy atom. The Bertz CT molecular complexity index is 1140. The van der Waals surface area contributed by atoms with Gasteiger partial charge in [0.25, 0.3) is 5.82 Å². The highest BCUT2D eigenvalue weighted by molar-refractivity contribution is 5.82. The largest absolute Gasteiger partial charge is 0.296 e. The summed E-state index contributed by atoms with van der Waals surface area (Å²) in [6, 6.07) is 17.3. The monoisotopic (exact) mass is 356 g/mol. The van der Waals surface area contributed by atoms with Gasteiger partial charge in [-0.25, -0.2) is 4.57 Å². The number of fused-ring (bicyclic) bond motifs is 1. The summed E-state index contributed by atoms with van der Waals surface area (Å²) in [7, 11) is 2.15. The van der Waals surface area contributed by atoms with Gasteiger partial charge in [-0.1, -0.05) is 44.2 Å². The van der Waals surface area contributed by atoms with E-state index in [1.54, 1.807) is 0 Å². The van der Waals surface area contributed by atoms with Crippen LogP contribution in [0.5, 0.6) is 0 Å². The van der Waals surface area contributed by atoms with Gasteiger partial charge in [-0.3, -0.25) is 4.98 Å². The van der Waals surface area contributed by atoms with Gasteiger partial charge in [0.1, 0.15) is 5.69 Å². The van der Waals surface area contributed by atoms with Crippen molar-refractivity contribution in [3.8, 4) is 17.1 Å². The Balaban J connectivity index is 2.21. The number of aryl methyl sites for hydroxylation is 3. The van der Waals surface area contributed by atoms with Crippen LogP contribution < -0.4 is 4.57 Å². The zero-order valence-electron chi connectivity index (χ0n) is 16.7. The van der Waals surface area contributed by atoms with Crippen molar-refractivity contribution in [1.82, 2.24) is 9.55 Å². The first kappa shape index (κ1) is 17.5. The normalized spacial score (nSPS) is 11.5. The second kappa shape index (κ2) is 6.66. The topological polar surface area (TPSA) is 21.7 Å². The molecule has 0 spiro atoms. The third-order valence-electron chi connectivity index (χ3n) is 5.41. The number of aromatic nitrogens is 3. The smallest absolute Gasteiger partial charge is 0.264 e. The van der Waals surface area contributed by atoms with Crippen molar-refractivity contribution in [2.45, 2.75) is 33.6 Å². The molecule has 0 aliphatic heterocycles. The van der Waals surface area contributed by atoms with Crippen LogP contribution in [0, 0.1) is 13.8 Å². The number of hydrogen-bond acceptors (Lipinski definition) is 1. The molecule has 0 fully saturated rings. The Morgan fingerprint density at radius 1 is 0.926 bits per heavy atom. The molecule has 0 N–H and O–H groups in total. The minimum atomic E-state index is 0.441. The summed E-state index contributed by atoms with van der Waals surface area (Å²) in [4.78, 5) is 4.42. The maximum Gasteiger partial charge on any atom is 0.296 e. The van der Waals surface area contributed by atoms with Gasteiger partial charge in [-0.05, 0) is 43.5 Å². The highest BCUT2D eigenvalue weighted by atomic mass is 15.2. The van der Waals surface area contributed by atoms with Crippen LogP contribution in [0.2, 0.25) is 0 Å². The summed E-state index contributed by atoms with van der Waals surface area (Å²) in [6.07, 6.45) is 3.84. The molecule has 4 rings (SSSR count). The number of nitrogens with zero attached hydrogens (tertiary/aromatic N) is 3. The molecule has 0 atom stereocenters. The molecule has 3 nitrogen and oxygen atoms in total. The molecule has 2 aromatic carbocycles. The fraction of sp³-hybridized carbons (Fsp3) is 0.250. The van der Waals surface area contributed by atoms with Crippen molar-refractivity contribution in [1.29, 1.82) is 0 Å². The van der Waals surface area contributed by atoms with E-state index in [4.69, 9.17) is 0 Å². The van der Waals surface area contributed by atoms with Crippen molar-refractivity contribution in [3.63, 3.8) is 0 Å². The molecule has 3 heteroatoms. The average molecular weight is 356 g/mol. The number of pyridine rings is 1. The lowest BCUT2D eigenvalue weighted by Gasteiger charge is -2.12. The van der Waals surface area contributed by atoms with Gasteiger partial charge >= 0.3 is 0 Å². The van der Waals surface area contributed by atoms with E-state index in [1.807, 2.05) is 12.4 Å². The van der Waals surface area contributed by atoms with Crippen LogP contribution >= 0.6 is 0 Å². The summed E-state index contributed by atoms with van der Waals surface area (Å²) in [6.45, 7) is 8.86. The molecular weight excluding hydrogens is 330 g/mol. The second-order valence-corrected chi connectivity index (χ2v) is 7.56. The zero-order chi connectivity index (χ0) is 19.1. The Labute approximate surface area is 160 Å². The van der Waals surface area contributed by atoms with Crippen LogP contribution in [-0.4, -0.2) is 9.55 Å². The van der Waals surface area contributed by atoms with E-state index in [-0.39, 0.29) is 0 Å². The van der Waals surface area contributed by atoms with Crippen molar-refractivity contribution >= 4 is 11.0 Å². The molecule has 0 bridgehead atoms. The third kappa shape index (κ3) is 2.74. The molecule has 0 radical (unpaired) electrons. The van der Waals surface area contributed by atoms with Crippen LogP contribution in [0.4, 0.5) is 0 Å². The van der Waals surface area contributed by atoms with E-state index >= 15 is 0 Å². The predicted octanol–water partition coefficient (Wildman–Crippen LogP) is 5.26. The molecule has 0 aliphatic carbocycles. The lowest BCUT2D eigenvalue weighted by atomic mass is 10.0. The second-order valence-electron chi connectivity index (χ2n) is 7.56. The van der Waals surface area contributed by atoms with E-state index < -0.39 is 0 Å². The van der Waals surface area contributed by atoms with Crippen molar-refractivity contribution < 1.29 is 4.57 Å². The summed E-state index contributed by atoms with van der Waals surface area (Å²) < 4.78 is 4.72. The SMILES string of the molecule is Cc1ccncc1-c1n(-c2ccccc2C(C)C)c2c(C)cccc2[n+]1C. The Morgan fingerprint density at radius 2 is 1.70 bits per heavy atom. The fourth-order valence-electron chi connectivity index (χ4n) is 3.99. The van der Waals surface area contributed by atoms with Gasteiger partial charge in [-0.2, -0.15) is 4.57 Å². The summed E-state index contributed by atoms with van der Waals surface area (Å²) >= 11 is 0. The van der Waals surface area contributed by atoms with Crippen molar-refractivity contribution in [2.75, 3.05) is 0 Å². The maximum absolute atomic E-state index is 4.42. The van der Waals surface area contributed by atoms with Gasteiger partial charge in [-0.15, -0.1) is 0 Å². The van der Waals surface area contributed by atoms with Gasteiger partial charge in [0.05, 0.1) is 12.6 Å². The van der Waals surface area contributed by atoms with Gasteiger partial charge in [0, 0.05) is 23.5 Å². The molecule has 0 saturated carbocycles. The number of para-hydroxylation sites is 2. The minimum absolute atomic E-state index is 0.441. The Hall–Kier alpha value is -2.94. The highest BCUT2D eigenvalue weighted by Gasteiger charge is 2.29. The molecule has 2 aromatic heterocycles. The van der Waals surface area contributed by atoms with E-state index in [9.17, 15) is 0 Å². The van der Waals surface area contributed by atoms with Crippen molar-refractivity contribution in [2.24, 2.45) is 7.05 Å². The quantitative estimate of drug-likeness (QED) is 0.459. The minimum Gasteiger partial charge on any atom is -0.264 e. The molecule has 0 amide bonds. The van der Waals surface area contributed by atoms with Crippen LogP contribution in [0.3, 0.4) is 0 Å². The van der Waals surface area contributed by atoms with Crippen LogP contribution in [0.1, 0.15) is 36.5 Å².